The highest BCUT2D eigenvalue weighted by molar-refractivity contribution is 14.1. The summed E-state index contributed by atoms with van der Waals surface area (Å²) in [7, 11) is 1.27. The van der Waals surface area contributed by atoms with Gasteiger partial charge in [-0.25, -0.2) is 14.6 Å². The fraction of sp³-hybridized carbons (Fsp3) is 0.297. The van der Waals surface area contributed by atoms with Crippen molar-refractivity contribution in [3.8, 4) is 23.0 Å². The second kappa shape index (κ2) is 17.4. The van der Waals surface area contributed by atoms with Crippen LogP contribution >= 0.6 is 49.9 Å². The second-order valence-electron chi connectivity index (χ2n) is 11.0. The zero-order chi connectivity index (χ0) is 36.7. The quantitative estimate of drug-likeness (QED) is 0.109. The van der Waals surface area contributed by atoms with Crippen LogP contribution in [-0.4, -0.2) is 50.0 Å². The van der Waals surface area contributed by atoms with E-state index in [1.165, 1.54) is 23.0 Å². The van der Waals surface area contributed by atoms with Crippen molar-refractivity contribution in [3.05, 3.63) is 110 Å². The van der Waals surface area contributed by atoms with Gasteiger partial charge in [0.05, 0.1) is 52.3 Å². The molecule has 0 saturated carbocycles. The molecule has 0 aliphatic carbocycles. The molecule has 5 rings (SSSR count). The molecule has 0 bridgehead atoms. The van der Waals surface area contributed by atoms with Gasteiger partial charge in [-0.2, -0.15) is 0 Å². The number of aromatic nitrogens is 1. The Morgan fingerprint density at radius 1 is 0.941 bits per heavy atom. The number of methoxy groups -OCH3 is 1. The lowest BCUT2D eigenvalue weighted by Gasteiger charge is -2.25. The number of hydrogen-bond donors (Lipinski definition) is 0. The molecule has 2 heterocycles. The molecule has 0 amide bonds. The summed E-state index contributed by atoms with van der Waals surface area (Å²) in [6, 6.07) is 15.8. The Morgan fingerprint density at radius 3 is 2.35 bits per heavy atom. The van der Waals surface area contributed by atoms with E-state index >= 15 is 0 Å². The molecule has 0 unspecified atom stereocenters. The van der Waals surface area contributed by atoms with Crippen LogP contribution in [0.25, 0.3) is 6.08 Å². The number of esters is 2. The summed E-state index contributed by atoms with van der Waals surface area (Å²) < 4.78 is 37.5. The molecule has 0 fully saturated rings. The van der Waals surface area contributed by atoms with Crippen molar-refractivity contribution in [1.82, 2.24) is 4.57 Å². The van der Waals surface area contributed by atoms with Gasteiger partial charge in [0.2, 0.25) is 0 Å². The molecule has 3 aromatic carbocycles. The molecular weight excluding hydrogens is 855 g/mol. The van der Waals surface area contributed by atoms with Gasteiger partial charge in [0.25, 0.3) is 5.56 Å². The van der Waals surface area contributed by atoms with E-state index in [-0.39, 0.29) is 24.3 Å². The molecule has 4 aromatic rings. The van der Waals surface area contributed by atoms with E-state index in [1.807, 2.05) is 50.2 Å². The van der Waals surface area contributed by atoms with Crippen LogP contribution in [0.2, 0.25) is 0 Å². The van der Waals surface area contributed by atoms with Crippen LogP contribution in [0.5, 0.6) is 23.0 Å². The Balaban J connectivity index is 1.59. The highest BCUT2D eigenvalue weighted by atomic mass is 127. The smallest absolute Gasteiger partial charge is 0.343 e. The summed E-state index contributed by atoms with van der Waals surface area (Å²) in [4.78, 5) is 44.6. The van der Waals surface area contributed by atoms with Crippen LogP contribution in [0, 0.1) is 3.57 Å². The Bertz CT molecular complexity index is 2140. The van der Waals surface area contributed by atoms with Crippen molar-refractivity contribution in [3.63, 3.8) is 0 Å². The molecule has 0 saturated heterocycles. The molecule has 1 atom stereocenters. The third-order valence-corrected chi connectivity index (χ3v) is 9.91. The number of ether oxygens (including phenoxy) is 6. The van der Waals surface area contributed by atoms with Crippen molar-refractivity contribution >= 4 is 67.9 Å². The van der Waals surface area contributed by atoms with Gasteiger partial charge in [0, 0.05) is 4.47 Å². The van der Waals surface area contributed by atoms with Gasteiger partial charge >= 0.3 is 11.9 Å². The van der Waals surface area contributed by atoms with Crippen LogP contribution < -0.4 is 33.8 Å². The Morgan fingerprint density at radius 2 is 1.67 bits per heavy atom. The number of thiazole rings is 1. The fourth-order valence-corrected chi connectivity index (χ4v) is 7.44. The lowest BCUT2D eigenvalue weighted by atomic mass is 9.95. The minimum Gasteiger partial charge on any atom is -0.490 e. The Kier molecular flexibility index (Phi) is 13.0. The first-order valence-corrected chi connectivity index (χ1v) is 18.8. The zero-order valence-electron chi connectivity index (χ0n) is 28.6. The molecule has 0 radical (unpaired) electrons. The van der Waals surface area contributed by atoms with Crippen molar-refractivity contribution in [2.45, 2.75) is 40.3 Å². The lowest BCUT2D eigenvalue weighted by molar-refractivity contribution is -0.143. The number of benzene rings is 3. The van der Waals surface area contributed by atoms with Gasteiger partial charge in [-0.1, -0.05) is 45.5 Å². The van der Waals surface area contributed by atoms with Gasteiger partial charge < -0.3 is 28.4 Å². The number of carbonyl (C=O) groups excluding carboxylic acids is 2. The molecule has 0 spiro atoms. The van der Waals surface area contributed by atoms with E-state index in [4.69, 9.17) is 28.4 Å². The van der Waals surface area contributed by atoms with Crippen LogP contribution in [0.1, 0.15) is 50.4 Å². The van der Waals surface area contributed by atoms with E-state index in [0.29, 0.717) is 63.4 Å². The second-order valence-corrected chi connectivity index (χ2v) is 14.1. The average Bonchev–Trinajstić information content (AvgIpc) is 3.41. The lowest BCUT2D eigenvalue weighted by Crippen LogP contribution is -2.40. The summed E-state index contributed by atoms with van der Waals surface area (Å²) in [6.07, 6.45) is 1.78. The van der Waals surface area contributed by atoms with Crippen molar-refractivity contribution in [2.24, 2.45) is 4.99 Å². The number of halogens is 2. The predicted molar refractivity (Wildman–Crippen MR) is 204 cm³/mol. The Hall–Kier alpha value is -4.15. The fourth-order valence-electron chi connectivity index (χ4n) is 5.35. The van der Waals surface area contributed by atoms with Crippen LogP contribution in [0.4, 0.5) is 0 Å². The number of carbonyl (C=O) groups is 2. The van der Waals surface area contributed by atoms with Gasteiger partial charge in [-0.15, -0.1) is 0 Å². The van der Waals surface area contributed by atoms with E-state index < -0.39 is 18.0 Å². The number of rotatable bonds is 14. The monoisotopic (exact) mass is 890 g/mol. The molecule has 1 aliphatic rings. The summed E-state index contributed by atoms with van der Waals surface area (Å²) >= 11 is 6.88. The number of hydrogen-bond acceptors (Lipinski definition) is 11. The minimum atomic E-state index is -0.884. The van der Waals surface area contributed by atoms with Crippen molar-refractivity contribution in [1.29, 1.82) is 0 Å². The number of fused-ring (bicyclic) bond motifs is 1. The van der Waals surface area contributed by atoms with Gasteiger partial charge in [0.15, 0.2) is 34.4 Å². The molecule has 1 aromatic heterocycles. The largest absolute Gasteiger partial charge is 0.490 e. The normalized spacial score (nSPS) is 14.0. The standard InChI is InChI=1S/C37H36BrIN2O9S/c1-6-46-28-18-24(11-14-27(28)49-20-31(42)45-5)33-32(36(44)48-8-3)21(4)40-37-41(33)35(43)30(51-37)17-23-15-26(39)34(29(16-23)47-7-2)50-19-22-9-12-25(38)13-10-22/h9-18,33H,6-8,19-20H2,1-5H3/b30-17-/t33-/m0/s1. The average molecular weight is 892 g/mol. The molecule has 14 heteroatoms. The maximum Gasteiger partial charge on any atom is 0.343 e. The maximum absolute atomic E-state index is 14.3. The first kappa shape index (κ1) is 38.1. The third kappa shape index (κ3) is 8.84. The third-order valence-electron chi connectivity index (χ3n) is 7.60. The van der Waals surface area contributed by atoms with E-state index in [1.54, 1.807) is 38.1 Å². The first-order valence-electron chi connectivity index (χ1n) is 16.1. The van der Waals surface area contributed by atoms with Gasteiger partial charge in [-0.3, -0.25) is 9.36 Å². The first-order chi connectivity index (χ1) is 24.6. The van der Waals surface area contributed by atoms with Crippen LogP contribution in [-0.2, 0) is 25.7 Å². The van der Waals surface area contributed by atoms with E-state index in [2.05, 4.69) is 43.5 Å². The summed E-state index contributed by atoms with van der Waals surface area (Å²) in [5.41, 5.74) is 2.61. The van der Waals surface area contributed by atoms with Gasteiger partial charge in [-0.05, 0) is 109 Å². The highest BCUT2D eigenvalue weighted by Crippen LogP contribution is 2.37. The molecule has 11 nitrogen and oxygen atoms in total. The highest BCUT2D eigenvalue weighted by Gasteiger charge is 2.34. The van der Waals surface area contributed by atoms with E-state index in [9.17, 15) is 14.4 Å². The summed E-state index contributed by atoms with van der Waals surface area (Å²) in [5, 5.41) is 0. The van der Waals surface area contributed by atoms with Crippen LogP contribution in [0.15, 0.2) is 80.1 Å². The van der Waals surface area contributed by atoms with Crippen LogP contribution in [0.3, 0.4) is 0 Å². The molecule has 1 aliphatic heterocycles. The topological polar surface area (TPSA) is 124 Å². The minimum absolute atomic E-state index is 0.140. The zero-order valence-corrected chi connectivity index (χ0v) is 33.2. The van der Waals surface area contributed by atoms with E-state index in [0.717, 1.165) is 19.2 Å². The molecule has 51 heavy (non-hydrogen) atoms. The molecular formula is C37H36BrIN2O9S. The maximum atomic E-state index is 14.3. The van der Waals surface area contributed by atoms with Crippen molar-refractivity contribution in [2.75, 3.05) is 33.5 Å². The summed E-state index contributed by atoms with van der Waals surface area (Å²) in [6.45, 7) is 8.04. The SMILES string of the molecule is CCOC(=O)C1=C(C)N=c2s/c(=C\c3cc(I)c(OCc4ccc(Br)cc4)c(OCC)c3)c(=O)n2[C@H]1c1ccc(OCC(=O)OC)c(OCC)c1. The number of nitrogens with zero attached hydrogens (tertiary/aromatic N) is 2. The predicted octanol–water partition coefficient (Wildman–Crippen LogP) is 6.09. The number of allylic oxidation sites excluding steroid dienone is 1. The van der Waals surface area contributed by atoms with Gasteiger partial charge in [0.1, 0.15) is 6.61 Å². The summed E-state index contributed by atoms with van der Waals surface area (Å²) in [5.74, 6) is 0.661. The molecule has 268 valence electrons. The molecule has 0 N–H and O–H groups in total. The Labute approximate surface area is 320 Å². The van der Waals surface area contributed by atoms with Crippen molar-refractivity contribution < 1.29 is 38.0 Å².